The molecule has 7 rings (SSSR count). The lowest BCUT2D eigenvalue weighted by atomic mass is 9.53. The second-order valence-corrected chi connectivity index (χ2v) is 11.7. The molecule has 176 valence electrons. The fourth-order valence-corrected chi connectivity index (χ4v) is 9.74. The number of carbonyl (C=O) groups is 1. The SMILES string of the molecule is COc1cc2c(cc1OC)[C@@]13CCN4CC5=CCO[C@H]6CC(=O)N2[C@H]1[C@H]6[C@H]5C(S(=O)(=O)O)[C@H]43. The molecular formula is C23H26N2O7S. The van der Waals surface area contributed by atoms with Crippen LogP contribution in [0.15, 0.2) is 23.8 Å². The summed E-state index contributed by atoms with van der Waals surface area (Å²) in [6, 6.07) is 3.10. The highest BCUT2D eigenvalue weighted by Gasteiger charge is 2.75. The Kier molecular flexibility index (Phi) is 3.86. The molecule has 1 N–H and O–H groups in total. The summed E-state index contributed by atoms with van der Waals surface area (Å²) in [7, 11) is -1.24. The Balaban J connectivity index is 1.57. The van der Waals surface area contributed by atoms with Gasteiger partial charge in [-0.3, -0.25) is 14.2 Å². The highest BCUT2D eigenvalue weighted by Crippen LogP contribution is 2.67. The quantitative estimate of drug-likeness (QED) is 0.511. The summed E-state index contributed by atoms with van der Waals surface area (Å²) < 4.78 is 53.9. The minimum atomic E-state index is -4.37. The summed E-state index contributed by atoms with van der Waals surface area (Å²) in [5.41, 5.74) is 2.05. The lowest BCUT2D eigenvalue weighted by Gasteiger charge is -2.60. The Bertz CT molecular complexity index is 1230. The van der Waals surface area contributed by atoms with Crippen molar-refractivity contribution in [3.8, 4) is 11.5 Å². The number of hydrogen-bond donors (Lipinski definition) is 1. The number of piperidine rings is 2. The van der Waals surface area contributed by atoms with Crippen molar-refractivity contribution in [1.82, 2.24) is 4.90 Å². The largest absolute Gasteiger partial charge is 0.493 e. The van der Waals surface area contributed by atoms with E-state index in [0.29, 0.717) is 37.6 Å². The van der Waals surface area contributed by atoms with Gasteiger partial charge >= 0.3 is 0 Å². The molecule has 2 bridgehead atoms. The van der Waals surface area contributed by atoms with Crippen LogP contribution in [0.5, 0.6) is 11.5 Å². The lowest BCUT2D eigenvalue weighted by molar-refractivity contribution is -0.132. The summed E-state index contributed by atoms with van der Waals surface area (Å²) in [6.45, 7) is 1.72. The molecule has 6 aliphatic rings. The number of ether oxygens (including phenoxy) is 3. The molecule has 1 aromatic carbocycles. The van der Waals surface area contributed by atoms with E-state index in [1.165, 1.54) is 0 Å². The second-order valence-electron chi connectivity index (χ2n) is 10.1. The first kappa shape index (κ1) is 20.3. The Labute approximate surface area is 192 Å². The molecule has 4 fully saturated rings. The van der Waals surface area contributed by atoms with Crippen LogP contribution in [0.4, 0.5) is 5.69 Å². The summed E-state index contributed by atoms with van der Waals surface area (Å²) >= 11 is 0. The number of methoxy groups -OCH3 is 2. The Hall–Kier alpha value is -2.14. The van der Waals surface area contributed by atoms with Crippen LogP contribution in [0.3, 0.4) is 0 Å². The molecule has 33 heavy (non-hydrogen) atoms. The fourth-order valence-electron chi connectivity index (χ4n) is 8.27. The molecule has 1 amide bonds. The third-order valence-electron chi connectivity index (χ3n) is 9.13. The van der Waals surface area contributed by atoms with Crippen LogP contribution in [-0.2, 0) is 25.1 Å². The average Bonchev–Trinajstić information content (AvgIpc) is 3.24. The van der Waals surface area contributed by atoms with Gasteiger partial charge in [0, 0.05) is 35.9 Å². The summed E-state index contributed by atoms with van der Waals surface area (Å²) in [5.74, 6) is 0.467. The summed E-state index contributed by atoms with van der Waals surface area (Å²) in [6.07, 6.45) is 2.48. The molecule has 3 saturated heterocycles. The van der Waals surface area contributed by atoms with Crippen molar-refractivity contribution in [2.45, 2.75) is 41.7 Å². The first-order chi connectivity index (χ1) is 15.8. The van der Waals surface area contributed by atoms with Crippen LogP contribution < -0.4 is 14.4 Å². The standard InChI is InChI=1S/C23H26N2O7S/c1-30-14-7-12-13(8-15(14)31-2)25-17(26)9-16-19-18-11(3-6-32-16)10-24-5-4-23(12,21(19)25)22(24)20(18)33(27,28)29/h3,7-8,16,18-22H,4-6,9-10H2,1-2H3,(H,27,28,29)/t16-,18-,19+,20?,21-,22-,23-/m0/s1. The van der Waals surface area contributed by atoms with Crippen molar-refractivity contribution < 1.29 is 32.0 Å². The summed E-state index contributed by atoms with van der Waals surface area (Å²) in [4.78, 5) is 17.7. The summed E-state index contributed by atoms with van der Waals surface area (Å²) in [5, 5.41) is -0.959. The molecule has 5 aliphatic heterocycles. The normalized spacial score (nSPS) is 40.3. The Morgan fingerprint density at radius 1 is 1.18 bits per heavy atom. The molecule has 7 atom stereocenters. The van der Waals surface area contributed by atoms with Crippen LogP contribution >= 0.6 is 0 Å². The monoisotopic (exact) mass is 474 g/mol. The number of hydrogen-bond acceptors (Lipinski definition) is 7. The van der Waals surface area contributed by atoms with E-state index in [-0.39, 0.29) is 36.3 Å². The zero-order chi connectivity index (χ0) is 22.9. The number of fused-ring (bicyclic) bond motifs is 2. The minimum Gasteiger partial charge on any atom is -0.493 e. The molecular weight excluding hydrogens is 448 g/mol. The molecule has 1 unspecified atom stereocenters. The highest BCUT2D eigenvalue weighted by atomic mass is 32.2. The van der Waals surface area contributed by atoms with Gasteiger partial charge in [-0.15, -0.1) is 0 Å². The predicted octanol–water partition coefficient (Wildman–Crippen LogP) is 0.976. The Morgan fingerprint density at radius 2 is 1.94 bits per heavy atom. The van der Waals surface area contributed by atoms with Crippen LogP contribution in [0.2, 0.25) is 0 Å². The molecule has 1 spiro atoms. The van der Waals surface area contributed by atoms with E-state index < -0.39 is 26.8 Å². The molecule has 0 radical (unpaired) electrons. The molecule has 5 heterocycles. The highest BCUT2D eigenvalue weighted by molar-refractivity contribution is 7.86. The van der Waals surface area contributed by atoms with Gasteiger partial charge in [-0.25, -0.2) is 0 Å². The van der Waals surface area contributed by atoms with Crippen LogP contribution in [0, 0.1) is 11.8 Å². The molecule has 1 saturated carbocycles. The van der Waals surface area contributed by atoms with Gasteiger partial charge in [-0.1, -0.05) is 11.6 Å². The van der Waals surface area contributed by atoms with E-state index in [0.717, 1.165) is 16.8 Å². The number of amides is 1. The van der Waals surface area contributed by atoms with E-state index in [1.807, 2.05) is 23.1 Å². The van der Waals surface area contributed by atoms with Gasteiger partial charge in [0.05, 0.1) is 45.1 Å². The zero-order valence-electron chi connectivity index (χ0n) is 18.4. The smallest absolute Gasteiger partial charge is 0.269 e. The number of benzene rings is 1. The molecule has 9 nitrogen and oxygen atoms in total. The Morgan fingerprint density at radius 3 is 2.67 bits per heavy atom. The van der Waals surface area contributed by atoms with E-state index in [4.69, 9.17) is 14.2 Å². The van der Waals surface area contributed by atoms with Crippen molar-refractivity contribution in [2.75, 3.05) is 38.8 Å². The van der Waals surface area contributed by atoms with Crippen LogP contribution in [0.25, 0.3) is 0 Å². The zero-order valence-corrected chi connectivity index (χ0v) is 19.2. The van der Waals surface area contributed by atoms with E-state index in [9.17, 15) is 17.8 Å². The van der Waals surface area contributed by atoms with Crippen LogP contribution in [-0.4, -0.2) is 81.1 Å². The van der Waals surface area contributed by atoms with E-state index in [1.54, 1.807) is 14.2 Å². The van der Waals surface area contributed by atoms with E-state index >= 15 is 0 Å². The maximum Gasteiger partial charge on any atom is 0.269 e. The van der Waals surface area contributed by atoms with Gasteiger partial charge in [-0.2, -0.15) is 8.42 Å². The van der Waals surface area contributed by atoms with Gasteiger partial charge in [0.2, 0.25) is 5.91 Å². The number of carbonyl (C=O) groups excluding carboxylic acids is 1. The molecule has 0 aromatic heterocycles. The minimum absolute atomic E-state index is 0.0168. The second kappa shape index (κ2) is 6.29. The van der Waals surface area contributed by atoms with Crippen LogP contribution in [0.1, 0.15) is 18.4 Å². The molecule has 1 aliphatic carbocycles. The van der Waals surface area contributed by atoms with Crippen molar-refractivity contribution in [3.05, 3.63) is 29.3 Å². The topological polar surface area (TPSA) is 106 Å². The molecule has 1 aromatic rings. The van der Waals surface area contributed by atoms with Gasteiger partial charge in [0.25, 0.3) is 10.1 Å². The maximum atomic E-state index is 13.6. The third kappa shape index (κ3) is 2.23. The predicted molar refractivity (Wildman–Crippen MR) is 117 cm³/mol. The van der Waals surface area contributed by atoms with Gasteiger partial charge in [0.15, 0.2) is 11.5 Å². The number of anilines is 1. The third-order valence-corrected chi connectivity index (χ3v) is 10.4. The van der Waals surface area contributed by atoms with Gasteiger partial charge in [0.1, 0.15) is 5.25 Å². The first-order valence-corrected chi connectivity index (χ1v) is 12.9. The average molecular weight is 475 g/mol. The first-order valence-electron chi connectivity index (χ1n) is 11.4. The van der Waals surface area contributed by atoms with Crippen molar-refractivity contribution in [3.63, 3.8) is 0 Å². The lowest BCUT2D eigenvalue weighted by Crippen LogP contribution is -2.75. The number of nitrogens with zero attached hydrogens (tertiary/aromatic N) is 2. The van der Waals surface area contributed by atoms with Gasteiger partial charge in [-0.05, 0) is 24.6 Å². The fraction of sp³-hybridized carbons (Fsp3) is 0.609. The van der Waals surface area contributed by atoms with Crippen molar-refractivity contribution >= 4 is 21.7 Å². The molecule has 10 heteroatoms. The maximum absolute atomic E-state index is 13.6. The van der Waals surface area contributed by atoms with Crippen molar-refractivity contribution in [2.24, 2.45) is 11.8 Å². The van der Waals surface area contributed by atoms with E-state index in [2.05, 4.69) is 4.90 Å². The number of rotatable bonds is 3. The van der Waals surface area contributed by atoms with Crippen molar-refractivity contribution in [1.29, 1.82) is 0 Å². The van der Waals surface area contributed by atoms with Gasteiger partial charge < -0.3 is 19.1 Å².